The normalized spacial score (nSPS) is 19.9. The third-order valence-corrected chi connectivity index (χ3v) is 3.17. The molecule has 0 radical (unpaired) electrons. The van der Waals surface area contributed by atoms with E-state index in [2.05, 4.69) is 29.8 Å². The highest BCUT2D eigenvalue weighted by Gasteiger charge is 2.16. The second kappa shape index (κ2) is 7.12. The molecule has 1 rings (SSSR count). The van der Waals surface area contributed by atoms with Gasteiger partial charge in [0.15, 0.2) is 0 Å². The average Bonchev–Trinajstić information content (AvgIpc) is 2.27. The molecule has 1 fully saturated rings. The zero-order chi connectivity index (χ0) is 11.1. The molecule has 0 spiro atoms. The maximum absolute atomic E-state index is 11.3. The van der Waals surface area contributed by atoms with E-state index in [0.717, 1.165) is 6.54 Å². The Hall–Kier alpha value is -0.220. The van der Waals surface area contributed by atoms with Crippen LogP contribution in [0.2, 0.25) is 0 Å². The molecule has 0 aromatic carbocycles. The van der Waals surface area contributed by atoms with Crippen molar-refractivity contribution in [1.29, 1.82) is 0 Å². The van der Waals surface area contributed by atoms with Crippen molar-refractivity contribution in [2.75, 3.05) is 25.4 Å². The second-order valence-electron chi connectivity index (χ2n) is 4.22. The fraction of sp³-hybridized carbons (Fsp3) is 0.909. The Balaban J connectivity index is 2.16. The molecule has 1 atom stereocenters. The van der Waals surface area contributed by atoms with Gasteiger partial charge in [0.1, 0.15) is 0 Å². The molecule has 0 aromatic heterocycles. The van der Waals surface area contributed by atoms with Crippen LogP contribution in [0.3, 0.4) is 0 Å². The summed E-state index contributed by atoms with van der Waals surface area (Å²) < 4.78 is 0. The summed E-state index contributed by atoms with van der Waals surface area (Å²) in [5, 5.41) is 2.95. The van der Waals surface area contributed by atoms with Crippen molar-refractivity contribution in [2.45, 2.75) is 38.6 Å². The van der Waals surface area contributed by atoms with Crippen molar-refractivity contribution < 1.29 is 4.79 Å². The van der Waals surface area contributed by atoms with E-state index < -0.39 is 0 Å². The molecule has 3 nitrogen and oxygen atoms in total. The molecule has 0 bridgehead atoms. The van der Waals surface area contributed by atoms with Crippen molar-refractivity contribution in [3.8, 4) is 0 Å². The van der Waals surface area contributed by atoms with Crippen LogP contribution in [0.25, 0.3) is 0 Å². The van der Waals surface area contributed by atoms with Gasteiger partial charge in [-0.1, -0.05) is 6.42 Å². The van der Waals surface area contributed by atoms with Gasteiger partial charge >= 0.3 is 0 Å². The first-order chi connectivity index (χ1) is 7.24. The summed E-state index contributed by atoms with van der Waals surface area (Å²) in [6.07, 6.45) is 4.48. The molecule has 1 saturated heterocycles. The summed E-state index contributed by atoms with van der Waals surface area (Å²) in [4.78, 5) is 13.7. The van der Waals surface area contributed by atoms with E-state index >= 15 is 0 Å². The Kier molecular flexibility index (Phi) is 6.10. The molecule has 1 aliphatic heterocycles. The maximum Gasteiger partial charge on any atom is 0.220 e. The van der Waals surface area contributed by atoms with Gasteiger partial charge in [-0.3, -0.25) is 9.69 Å². The minimum absolute atomic E-state index is 0.119. The van der Waals surface area contributed by atoms with Crippen LogP contribution in [0.15, 0.2) is 0 Å². The van der Waals surface area contributed by atoms with Gasteiger partial charge in [0.2, 0.25) is 5.91 Å². The Morgan fingerprint density at radius 2 is 2.07 bits per heavy atom. The SMILES string of the molecule is CC(CNC(=O)CCS)N1CCCCC1. The number of hydrogen-bond donors (Lipinski definition) is 2. The Morgan fingerprint density at radius 1 is 1.40 bits per heavy atom. The van der Waals surface area contributed by atoms with Crippen molar-refractivity contribution >= 4 is 18.5 Å². The summed E-state index contributed by atoms with van der Waals surface area (Å²) in [7, 11) is 0. The number of rotatable bonds is 5. The Bertz CT molecular complexity index is 193. The zero-order valence-electron chi connectivity index (χ0n) is 9.54. The number of carbonyl (C=O) groups excluding carboxylic acids is 1. The fourth-order valence-corrected chi connectivity index (χ4v) is 2.14. The summed E-state index contributed by atoms with van der Waals surface area (Å²) in [5.41, 5.74) is 0. The van der Waals surface area contributed by atoms with Crippen LogP contribution in [0.4, 0.5) is 0 Å². The number of carbonyl (C=O) groups is 1. The molecule has 1 amide bonds. The van der Waals surface area contributed by atoms with Crippen LogP contribution in [0.5, 0.6) is 0 Å². The average molecular weight is 230 g/mol. The zero-order valence-corrected chi connectivity index (χ0v) is 10.4. The van der Waals surface area contributed by atoms with Crippen LogP contribution < -0.4 is 5.32 Å². The van der Waals surface area contributed by atoms with Crippen molar-refractivity contribution in [3.63, 3.8) is 0 Å². The number of thiol groups is 1. The summed E-state index contributed by atoms with van der Waals surface area (Å²) >= 11 is 4.03. The van der Waals surface area contributed by atoms with Gasteiger partial charge in [-0.2, -0.15) is 12.6 Å². The predicted molar refractivity (Wildman–Crippen MR) is 66.4 cm³/mol. The van der Waals surface area contributed by atoms with Crippen molar-refractivity contribution in [2.24, 2.45) is 0 Å². The summed E-state index contributed by atoms with van der Waals surface area (Å²) in [6.45, 7) is 5.33. The number of hydrogen-bond acceptors (Lipinski definition) is 3. The lowest BCUT2D eigenvalue weighted by Gasteiger charge is -2.32. The first kappa shape index (κ1) is 12.8. The van der Waals surface area contributed by atoms with E-state index in [4.69, 9.17) is 0 Å². The molecule has 4 heteroatoms. The first-order valence-corrected chi connectivity index (χ1v) is 6.49. The fourth-order valence-electron chi connectivity index (χ4n) is 1.94. The Labute approximate surface area is 98.0 Å². The van der Waals surface area contributed by atoms with E-state index in [0.29, 0.717) is 18.2 Å². The molecule has 1 N–H and O–H groups in total. The number of likely N-dealkylation sites (tertiary alicyclic amines) is 1. The molecule has 15 heavy (non-hydrogen) atoms. The summed E-state index contributed by atoms with van der Waals surface area (Å²) in [5.74, 6) is 0.748. The molecule has 1 aliphatic rings. The third-order valence-electron chi connectivity index (χ3n) is 2.95. The van der Waals surface area contributed by atoms with Gasteiger partial charge < -0.3 is 5.32 Å². The van der Waals surface area contributed by atoms with Crippen molar-refractivity contribution in [1.82, 2.24) is 10.2 Å². The molecule has 0 saturated carbocycles. The van der Waals surface area contributed by atoms with E-state index in [1.54, 1.807) is 0 Å². The molecular formula is C11H22N2OS. The molecule has 1 heterocycles. The van der Waals surface area contributed by atoms with Gasteiger partial charge in [0.25, 0.3) is 0 Å². The number of amides is 1. The largest absolute Gasteiger partial charge is 0.355 e. The molecule has 1 unspecified atom stereocenters. The number of nitrogens with one attached hydrogen (secondary N) is 1. The van der Waals surface area contributed by atoms with Crippen LogP contribution in [0.1, 0.15) is 32.6 Å². The predicted octanol–water partition coefficient (Wildman–Crippen LogP) is 1.30. The van der Waals surface area contributed by atoms with Gasteiger partial charge in [0.05, 0.1) is 0 Å². The maximum atomic E-state index is 11.3. The highest BCUT2D eigenvalue weighted by molar-refractivity contribution is 7.80. The quantitative estimate of drug-likeness (QED) is 0.698. The molecule has 88 valence electrons. The lowest BCUT2D eigenvalue weighted by atomic mass is 10.1. The van der Waals surface area contributed by atoms with Crippen LogP contribution in [-0.4, -0.2) is 42.2 Å². The van der Waals surface area contributed by atoms with Crippen LogP contribution in [-0.2, 0) is 4.79 Å². The van der Waals surface area contributed by atoms with Gasteiger partial charge in [-0.05, 0) is 38.6 Å². The van der Waals surface area contributed by atoms with E-state index in [-0.39, 0.29) is 5.91 Å². The summed E-state index contributed by atoms with van der Waals surface area (Å²) in [6, 6.07) is 0.467. The van der Waals surface area contributed by atoms with Gasteiger partial charge in [-0.15, -0.1) is 0 Å². The lowest BCUT2D eigenvalue weighted by molar-refractivity contribution is -0.120. The molecule has 0 aromatic rings. The lowest BCUT2D eigenvalue weighted by Crippen LogP contribution is -2.44. The van der Waals surface area contributed by atoms with Crippen molar-refractivity contribution in [3.05, 3.63) is 0 Å². The highest BCUT2D eigenvalue weighted by Crippen LogP contribution is 2.11. The smallest absolute Gasteiger partial charge is 0.220 e. The number of piperidine rings is 1. The van der Waals surface area contributed by atoms with Crippen LogP contribution >= 0.6 is 12.6 Å². The van der Waals surface area contributed by atoms with E-state index in [1.165, 1.54) is 32.4 Å². The molecular weight excluding hydrogens is 208 g/mol. The van der Waals surface area contributed by atoms with Gasteiger partial charge in [-0.25, -0.2) is 0 Å². The standard InChI is InChI=1S/C11H22N2OS/c1-10(9-12-11(14)5-8-15)13-6-3-2-4-7-13/h10,15H,2-9H2,1H3,(H,12,14). The highest BCUT2D eigenvalue weighted by atomic mass is 32.1. The minimum Gasteiger partial charge on any atom is -0.355 e. The van der Waals surface area contributed by atoms with Crippen LogP contribution in [0, 0.1) is 0 Å². The van der Waals surface area contributed by atoms with E-state index in [1.807, 2.05) is 0 Å². The van der Waals surface area contributed by atoms with E-state index in [9.17, 15) is 4.79 Å². The number of nitrogens with zero attached hydrogens (tertiary/aromatic N) is 1. The third kappa shape index (κ3) is 4.89. The molecule has 0 aliphatic carbocycles. The Morgan fingerprint density at radius 3 is 2.67 bits per heavy atom. The first-order valence-electron chi connectivity index (χ1n) is 5.85. The second-order valence-corrected chi connectivity index (χ2v) is 4.67. The topological polar surface area (TPSA) is 32.3 Å². The minimum atomic E-state index is 0.119. The monoisotopic (exact) mass is 230 g/mol. The van der Waals surface area contributed by atoms with Gasteiger partial charge in [0, 0.05) is 19.0 Å².